The molecule has 2 aliphatic rings. The molecular formula is C60H89N9O11+2. The summed E-state index contributed by atoms with van der Waals surface area (Å²) >= 11 is 0. The Bertz CT molecular complexity index is 2530. The second-order valence-corrected chi connectivity index (χ2v) is 22.4. The van der Waals surface area contributed by atoms with Crippen molar-refractivity contribution in [3.8, 4) is 11.5 Å². The van der Waals surface area contributed by atoms with Crippen molar-refractivity contribution in [3.63, 3.8) is 0 Å². The van der Waals surface area contributed by atoms with Crippen LogP contribution in [-0.2, 0) is 62.4 Å². The molecule has 3 aromatic carbocycles. The second kappa shape index (κ2) is 31.9. The molecule has 5 amide bonds. The fourth-order valence-electron chi connectivity index (χ4n) is 9.60. The summed E-state index contributed by atoms with van der Waals surface area (Å²) < 4.78 is 23.3. The zero-order valence-electron chi connectivity index (χ0n) is 48.2. The van der Waals surface area contributed by atoms with E-state index >= 15 is 0 Å². The van der Waals surface area contributed by atoms with Crippen molar-refractivity contribution >= 4 is 41.3 Å². The number of carbonyl (C=O) groups is 7. The van der Waals surface area contributed by atoms with Crippen LogP contribution in [-0.4, -0.2) is 140 Å². The van der Waals surface area contributed by atoms with E-state index in [1.54, 1.807) is 25.3 Å². The molecule has 3 aromatic rings. The maximum atomic E-state index is 14.7. The molecule has 0 saturated carbocycles. The van der Waals surface area contributed by atoms with Crippen LogP contribution >= 0.6 is 0 Å². The Morgan fingerprint density at radius 1 is 0.762 bits per heavy atom. The SMILES string of the molecule is CCCNC(=O)CCCCN(N)C=C([NH3+])COc1cc(C[N+]2(CC(=O)NC(CCc3ccccc3)C(=O)NC(CC(C)C)C(=O)NC(Cc3ccccc3)C(=O)NC(CC(C)C)C(=O)C3(C)CO3)CCOCC2)ccc1OC(C)=O. The predicted octanol–water partition coefficient (Wildman–Crippen LogP) is 3.56. The Kier molecular flexibility index (Phi) is 25.6. The van der Waals surface area contributed by atoms with Gasteiger partial charge in [0.1, 0.15) is 43.4 Å². The third-order valence-electron chi connectivity index (χ3n) is 14.0. The molecule has 5 unspecified atom stereocenters. The number of hydrazine groups is 1. The van der Waals surface area contributed by atoms with Crippen molar-refractivity contribution < 1.29 is 62.7 Å². The summed E-state index contributed by atoms with van der Waals surface area (Å²) in [5.74, 6) is 3.93. The largest absolute Gasteiger partial charge is 0.479 e. The zero-order valence-corrected chi connectivity index (χ0v) is 48.2. The molecule has 5 atom stereocenters. The highest BCUT2D eigenvalue weighted by atomic mass is 16.6. The fourth-order valence-corrected chi connectivity index (χ4v) is 9.60. The quantitative estimate of drug-likeness (QED) is 0.00859. The number of epoxide rings is 1. The van der Waals surface area contributed by atoms with Gasteiger partial charge in [-0.15, -0.1) is 0 Å². The van der Waals surface area contributed by atoms with Gasteiger partial charge in [-0.2, -0.15) is 0 Å². The van der Waals surface area contributed by atoms with Crippen LogP contribution in [0, 0.1) is 11.8 Å². The Labute approximate surface area is 472 Å². The number of nitrogens with zero attached hydrogens (tertiary/aromatic N) is 2. The predicted molar refractivity (Wildman–Crippen MR) is 303 cm³/mol. The number of esters is 1. The molecule has 2 heterocycles. The molecule has 0 spiro atoms. The van der Waals surface area contributed by atoms with Crippen molar-refractivity contribution in [3.05, 3.63) is 107 Å². The smallest absolute Gasteiger partial charge is 0.308 e. The van der Waals surface area contributed by atoms with E-state index in [9.17, 15) is 33.6 Å². The average Bonchev–Trinajstić information content (AvgIpc) is 4.20. The highest BCUT2D eigenvalue weighted by Gasteiger charge is 2.50. The van der Waals surface area contributed by atoms with Crippen LogP contribution in [0.2, 0.25) is 0 Å². The third-order valence-corrected chi connectivity index (χ3v) is 14.0. The molecular weight excluding hydrogens is 1020 g/mol. The zero-order chi connectivity index (χ0) is 58.2. The number of ether oxygens (including phenoxy) is 4. The number of unbranched alkanes of at least 4 members (excludes halogenated alkanes) is 1. The number of rotatable bonds is 34. The number of hydrogen-bond donors (Lipinski definition) is 7. The minimum atomic E-state index is -1.10. The van der Waals surface area contributed by atoms with E-state index in [4.69, 9.17) is 24.8 Å². The molecule has 438 valence electrons. The van der Waals surface area contributed by atoms with Gasteiger partial charge in [-0.05, 0) is 93.0 Å². The van der Waals surface area contributed by atoms with Gasteiger partial charge in [-0.1, -0.05) is 95.3 Å². The van der Waals surface area contributed by atoms with Crippen LogP contribution < -0.4 is 47.6 Å². The van der Waals surface area contributed by atoms with Gasteiger partial charge in [0.15, 0.2) is 36.1 Å². The van der Waals surface area contributed by atoms with Gasteiger partial charge in [-0.3, -0.25) is 33.6 Å². The molecule has 0 radical (unpaired) electrons. The minimum absolute atomic E-state index is 0.0142. The summed E-state index contributed by atoms with van der Waals surface area (Å²) in [6, 6.07) is 20.0. The van der Waals surface area contributed by atoms with Crippen molar-refractivity contribution in [1.29, 1.82) is 0 Å². The number of nitrogens with two attached hydrogens (primary N) is 1. The van der Waals surface area contributed by atoms with Gasteiger partial charge in [0, 0.05) is 38.4 Å². The van der Waals surface area contributed by atoms with Crippen LogP contribution in [0.25, 0.3) is 0 Å². The number of Topliss-reactive ketones (excluding diaryl/α,β-unsaturated/α-hetero) is 1. The van der Waals surface area contributed by atoms with Gasteiger partial charge < -0.3 is 60.8 Å². The highest BCUT2D eigenvalue weighted by Crippen LogP contribution is 2.32. The lowest BCUT2D eigenvalue weighted by Crippen LogP contribution is -2.61. The molecule has 5 rings (SSSR count). The van der Waals surface area contributed by atoms with Crippen LogP contribution in [0.5, 0.6) is 11.5 Å². The topological polar surface area (TPSA) is 277 Å². The van der Waals surface area contributed by atoms with Crippen LogP contribution in [0.3, 0.4) is 0 Å². The van der Waals surface area contributed by atoms with E-state index in [0.717, 1.165) is 23.1 Å². The number of carbonyl (C=O) groups excluding carboxylic acids is 7. The third kappa shape index (κ3) is 22.1. The van der Waals surface area contributed by atoms with Crippen molar-refractivity contribution in [2.75, 3.05) is 59.2 Å². The maximum absolute atomic E-state index is 14.7. The van der Waals surface area contributed by atoms with E-state index in [1.807, 2.05) is 101 Å². The number of nitrogens with one attached hydrogen (secondary N) is 5. The second-order valence-electron chi connectivity index (χ2n) is 22.4. The Morgan fingerprint density at radius 3 is 1.99 bits per heavy atom. The number of hydrogen-bond acceptors (Lipinski definition) is 13. The van der Waals surface area contributed by atoms with Crippen LogP contribution in [0.4, 0.5) is 0 Å². The van der Waals surface area contributed by atoms with Gasteiger partial charge in [-0.25, -0.2) is 5.84 Å². The molecule has 0 bridgehead atoms. The van der Waals surface area contributed by atoms with Crippen molar-refractivity contribution in [1.82, 2.24) is 31.6 Å². The normalized spacial score (nSPS) is 17.3. The Balaban J connectivity index is 1.33. The first kappa shape index (κ1) is 64.1. The van der Waals surface area contributed by atoms with Crippen molar-refractivity contribution in [2.24, 2.45) is 17.7 Å². The number of aryl methyl sites for hydroxylation is 1. The number of morpholine rings is 1. The first-order chi connectivity index (χ1) is 38.2. The van der Waals surface area contributed by atoms with Gasteiger partial charge in [0.2, 0.25) is 23.6 Å². The summed E-state index contributed by atoms with van der Waals surface area (Å²) in [5.41, 5.74) is 6.20. The standard InChI is InChI=1S/C60H87N9O11/c1-8-26-63-54(71)21-15-16-27-68(62)36-47(61)39-78-53-35-46(23-25-52(53)80-43(6)70)37-69(28-30-77-31-29-69)38-55(72)64-48(24-22-44-17-11-9-12-18-44)57(74)66-50(33-42(4)5)58(75)67-51(34-45-19-13-10-14-20-45)59(76)65-49(32-41(2)3)56(73)60(7)40-79-60/h9-14,17-20,23,25,35-36,41-42,48-51H,8,15-16,21-22,24,26-34,37-40,61-62H2,1-7H3,(H4-,63,64,65,66,67,71,72,74,75,76)/p+2. The first-order valence-electron chi connectivity index (χ1n) is 28.3. The van der Waals surface area contributed by atoms with Crippen LogP contribution in [0.15, 0.2) is 90.8 Å². The van der Waals surface area contributed by atoms with E-state index < -0.39 is 53.5 Å². The molecule has 0 aliphatic carbocycles. The van der Waals surface area contributed by atoms with E-state index in [1.165, 1.54) is 11.9 Å². The van der Waals surface area contributed by atoms with E-state index in [-0.39, 0.29) is 84.4 Å². The molecule has 10 N–H and O–H groups in total. The lowest BCUT2D eigenvalue weighted by molar-refractivity contribution is -0.940. The van der Waals surface area contributed by atoms with Crippen LogP contribution in [0.1, 0.15) is 110 Å². The van der Waals surface area contributed by atoms with Gasteiger partial charge in [0.25, 0.3) is 5.91 Å². The number of benzene rings is 3. The van der Waals surface area contributed by atoms with Gasteiger partial charge in [0.05, 0.1) is 32.1 Å². The summed E-state index contributed by atoms with van der Waals surface area (Å²) in [6.45, 7) is 16.3. The molecule has 2 fully saturated rings. The fraction of sp³-hybridized carbons (Fsp3) is 0.550. The maximum Gasteiger partial charge on any atom is 0.308 e. The summed E-state index contributed by atoms with van der Waals surface area (Å²) in [7, 11) is 0. The average molecular weight is 1110 g/mol. The molecule has 80 heavy (non-hydrogen) atoms. The number of amides is 5. The first-order valence-corrected chi connectivity index (χ1v) is 28.3. The van der Waals surface area contributed by atoms with Gasteiger partial charge >= 0.3 is 5.97 Å². The molecule has 20 heteroatoms. The summed E-state index contributed by atoms with van der Waals surface area (Å²) in [5, 5.41) is 16.3. The molecule has 20 nitrogen and oxygen atoms in total. The lowest BCUT2D eigenvalue weighted by atomic mass is 9.93. The monoisotopic (exact) mass is 1110 g/mol. The number of quaternary nitrogens is 2. The molecule has 2 aliphatic heterocycles. The lowest BCUT2D eigenvalue weighted by Gasteiger charge is -2.41. The van der Waals surface area contributed by atoms with Crippen molar-refractivity contribution in [2.45, 2.75) is 143 Å². The van der Waals surface area contributed by atoms with E-state index in [2.05, 4.69) is 32.3 Å². The minimum Gasteiger partial charge on any atom is -0.479 e. The summed E-state index contributed by atoms with van der Waals surface area (Å²) in [6.07, 6.45) is 5.72. The van der Waals surface area contributed by atoms with E-state index in [0.29, 0.717) is 83.7 Å². The highest BCUT2D eigenvalue weighted by molar-refractivity contribution is 5.99. The molecule has 0 aromatic heterocycles. The summed E-state index contributed by atoms with van der Waals surface area (Å²) in [4.78, 5) is 95.7. The Morgan fingerprint density at radius 2 is 1.36 bits per heavy atom. The Hall–Kier alpha value is -6.71. The molecule has 2 saturated heterocycles. The number of ketones is 1.